The molecule has 2 aliphatic heterocycles. The summed E-state index contributed by atoms with van der Waals surface area (Å²) in [7, 11) is 0. The number of aliphatic hydroxyl groups is 8. The van der Waals surface area contributed by atoms with Gasteiger partial charge in [-0.25, -0.2) is 4.79 Å². The van der Waals surface area contributed by atoms with Crippen LogP contribution in [0.2, 0.25) is 0 Å². The van der Waals surface area contributed by atoms with Crippen LogP contribution in [0.3, 0.4) is 0 Å². The summed E-state index contributed by atoms with van der Waals surface area (Å²) in [5, 5.41) is 102. The fraction of sp³-hybridized carbons (Fsp3) is 0.571. The van der Waals surface area contributed by atoms with E-state index in [1.807, 2.05) is 0 Å². The highest BCUT2D eigenvalue weighted by Crippen LogP contribution is 2.50. The summed E-state index contributed by atoms with van der Waals surface area (Å²) in [5.74, 6) is -2.54. The highest BCUT2D eigenvalue weighted by atomic mass is 16.7. The molecule has 36 heavy (non-hydrogen) atoms. The average Bonchev–Trinajstić information content (AvgIpc) is 2.86. The van der Waals surface area contributed by atoms with Crippen LogP contribution in [0.4, 0.5) is 0 Å². The van der Waals surface area contributed by atoms with E-state index in [1.54, 1.807) is 0 Å². The summed E-state index contributed by atoms with van der Waals surface area (Å²) in [6, 6.07) is 1.98. The van der Waals surface area contributed by atoms with E-state index in [4.69, 9.17) is 18.6 Å². The fourth-order valence-corrected chi connectivity index (χ4v) is 4.26. The third-order valence-electron chi connectivity index (χ3n) is 6.28. The van der Waals surface area contributed by atoms with Gasteiger partial charge in [0.15, 0.2) is 11.3 Å². The largest absolute Gasteiger partial charge is 0.507 e. The van der Waals surface area contributed by atoms with Crippen LogP contribution in [0.25, 0.3) is 11.0 Å². The van der Waals surface area contributed by atoms with Crippen molar-refractivity contribution in [3.63, 3.8) is 0 Å². The predicted octanol–water partition coefficient (Wildman–Crippen LogP) is -4.10. The lowest BCUT2D eigenvalue weighted by atomic mass is 9.89. The number of phenols is 2. The lowest BCUT2D eigenvalue weighted by molar-refractivity contribution is -0.277. The van der Waals surface area contributed by atoms with Crippen molar-refractivity contribution in [2.75, 3.05) is 13.2 Å². The molecule has 200 valence electrons. The van der Waals surface area contributed by atoms with E-state index in [9.17, 15) is 55.9 Å². The second-order valence-corrected chi connectivity index (χ2v) is 8.50. The quantitative estimate of drug-likeness (QED) is 0.169. The van der Waals surface area contributed by atoms with Crippen LogP contribution in [0.1, 0.15) is 11.7 Å². The SMILES string of the molecule is O=c1ccc2c(O)c([C@@H]3O[C@@H](CO)[C@@H](O)[C@@H](O)[C@H]3O)c(O)c(O[C@@H]3O[C@@H](CO)[C@@H](O)[C@@H](O)[C@H]3O)c2o1. The minimum Gasteiger partial charge on any atom is -0.507 e. The van der Waals surface area contributed by atoms with Crippen LogP contribution < -0.4 is 10.4 Å². The first-order valence-electron chi connectivity index (χ1n) is 10.8. The Bertz CT molecular complexity index is 1150. The standard InChI is InChI=1S/C21H26O15/c22-3-6-11(26)14(29)16(31)19(33-6)9-10(25)5-1-2-8(24)35-18(5)20(13(9)28)36-21-17(32)15(30)12(27)7(4-23)34-21/h1-2,6-7,11-12,14-17,19,21-23,25-32H,3-4H2/t6-,7-,11+,12+,14+,15+,16+,17+,19-,21-/m0/s1. The maximum Gasteiger partial charge on any atom is 0.336 e. The van der Waals surface area contributed by atoms with Crippen LogP contribution in [-0.4, -0.2) is 119 Å². The number of hydrogen-bond donors (Lipinski definition) is 10. The molecular formula is C21H26O15. The van der Waals surface area contributed by atoms with Crippen LogP contribution in [-0.2, 0) is 9.47 Å². The normalized spacial score (nSPS) is 37.2. The molecule has 4 rings (SSSR count). The summed E-state index contributed by atoms with van der Waals surface area (Å²) in [6.07, 6.45) is -17.5. The second-order valence-electron chi connectivity index (χ2n) is 8.50. The van der Waals surface area contributed by atoms with Crippen LogP contribution >= 0.6 is 0 Å². The van der Waals surface area contributed by atoms with Gasteiger partial charge < -0.3 is 69.7 Å². The second kappa shape index (κ2) is 10.1. The van der Waals surface area contributed by atoms with Gasteiger partial charge >= 0.3 is 5.63 Å². The van der Waals surface area contributed by atoms with E-state index in [0.717, 1.165) is 12.1 Å². The van der Waals surface area contributed by atoms with Gasteiger partial charge in [0.25, 0.3) is 0 Å². The van der Waals surface area contributed by atoms with Gasteiger partial charge in [0, 0.05) is 6.07 Å². The summed E-state index contributed by atoms with van der Waals surface area (Å²) in [4.78, 5) is 11.9. The fourth-order valence-electron chi connectivity index (χ4n) is 4.26. The van der Waals surface area contributed by atoms with Gasteiger partial charge in [-0.05, 0) is 6.07 Å². The van der Waals surface area contributed by atoms with Crippen LogP contribution in [0.5, 0.6) is 17.2 Å². The first-order chi connectivity index (χ1) is 17.0. The molecule has 2 fully saturated rings. The van der Waals surface area contributed by atoms with Gasteiger partial charge in [0.2, 0.25) is 12.0 Å². The van der Waals surface area contributed by atoms with Gasteiger partial charge in [-0.15, -0.1) is 0 Å². The number of hydrogen-bond acceptors (Lipinski definition) is 15. The minimum absolute atomic E-state index is 0.265. The minimum atomic E-state index is -1.94. The van der Waals surface area contributed by atoms with Gasteiger partial charge in [-0.2, -0.15) is 0 Å². The first-order valence-corrected chi connectivity index (χ1v) is 10.8. The van der Waals surface area contributed by atoms with Crippen molar-refractivity contribution >= 4 is 11.0 Å². The number of aromatic hydroxyl groups is 2. The molecule has 1 aromatic carbocycles. The molecule has 0 saturated carbocycles. The molecule has 0 unspecified atom stereocenters. The van der Waals surface area contributed by atoms with Crippen molar-refractivity contribution in [3.8, 4) is 17.2 Å². The maximum absolute atomic E-state index is 11.9. The van der Waals surface area contributed by atoms with Gasteiger partial charge in [-0.1, -0.05) is 0 Å². The lowest BCUT2D eigenvalue weighted by Crippen LogP contribution is -2.60. The van der Waals surface area contributed by atoms with E-state index in [2.05, 4.69) is 0 Å². The van der Waals surface area contributed by atoms with E-state index >= 15 is 0 Å². The zero-order valence-corrected chi connectivity index (χ0v) is 18.4. The van der Waals surface area contributed by atoms with Crippen LogP contribution in [0.15, 0.2) is 21.3 Å². The molecule has 0 amide bonds. The molecule has 3 heterocycles. The molecule has 0 bridgehead atoms. The van der Waals surface area contributed by atoms with Gasteiger partial charge in [0.05, 0.1) is 24.2 Å². The Hall–Kier alpha value is -2.57. The average molecular weight is 518 g/mol. The summed E-state index contributed by atoms with van der Waals surface area (Å²) >= 11 is 0. The van der Waals surface area contributed by atoms with Gasteiger partial charge in [0.1, 0.15) is 60.7 Å². The Morgan fingerprint density at radius 3 is 1.94 bits per heavy atom. The molecule has 0 aliphatic carbocycles. The summed E-state index contributed by atoms with van der Waals surface area (Å²) in [6.45, 7) is -1.60. The number of benzene rings is 1. The number of fused-ring (bicyclic) bond motifs is 1. The molecule has 2 saturated heterocycles. The number of ether oxygens (including phenoxy) is 3. The zero-order valence-electron chi connectivity index (χ0n) is 18.4. The van der Waals surface area contributed by atoms with Crippen molar-refractivity contribution in [1.82, 2.24) is 0 Å². The van der Waals surface area contributed by atoms with Crippen molar-refractivity contribution in [1.29, 1.82) is 0 Å². The van der Waals surface area contributed by atoms with E-state index in [-0.39, 0.29) is 5.39 Å². The summed E-state index contributed by atoms with van der Waals surface area (Å²) < 4.78 is 21.2. The molecule has 1 aromatic heterocycles. The third-order valence-corrected chi connectivity index (χ3v) is 6.28. The molecule has 2 aromatic rings. The van der Waals surface area contributed by atoms with E-state index in [1.165, 1.54) is 0 Å². The smallest absolute Gasteiger partial charge is 0.336 e. The highest BCUT2D eigenvalue weighted by Gasteiger charge is 2.48. The summed E-state index contributed by atoms with van der Waals surface area (Å²) in [5.41, 5.74) is -2.10. The number of rotatable bonds is 5. The molecular weight excluding hydrogens is 492 g/mol. The lowest BCUT2D eigenvalue weighted by Gasteiger charge is -2.41. The first kappa shape index (κ1) is 26.5. The maximum atomic E-state index is 11.9. The highest BCUT2D eigenvalue weighted by molar-refractivity contribution is 5.92. The van der Waals surface area contributed by atoms with E-state index < -0.39 is 108 Å². The molecule has 0 spiro atoms. The Balaban J connectivity index is 1.86. The molecule has 10 atom stereocenters. The Morgan fingerprint density at radius 2 is 1.33 bits per heavy atom. The topological polar surface area (TPSA) is 260 Å². The molecule has 2 aliphatic rings. The van der Waals surface area contributed by atoms with Crippen LogP contribution in [0, 0.1) is 0 Å². The Morgan fingerprint density at radius 1 is 0.750 bits per heavy atom. The molecule has 0 radical (unpaired) electrons. The monoisotopic (exact) mass is 518 g/mol. The van der Waals surface area contributed by atoms with Crippen molar-refractivity contribution < 1.29 is 69.7 Å². The Labute approximate surface area is 201 Å². The van der Waals surface area contributed by atoms with Gasteiger partial charge in [-0.3, -0.25) is 0 Å². The molecule has 15 heteroatoms. The zero-order chi connectivity index (χ0) is 26.5. The Kier molecular flexibility index (Phi) is 7.40. The number of aliphatic hydroxyl groups excluding tert-OH is 8. The molecule has 15 nitrogen and oxygen atoms in total. The number of phenolic OH excluding ortho intramolecular Hbond substituents is 2. The molecule has 10 N–H and O–H groups in total. The van der Waals surface area contributed by atoms with Crippen molar-refractivity contribution in [3.05, 3.63) is 28.1 Å². The third kappa shape index (κ3) is 4.28. The van der Waals surface area contributed by atoms with Crippen molar-refractivity contribution in [2.45, 2.75) is 61.2 Å². The predicted molar refractivity (Wildman–Crippen MR) is 113 cm³/mol. The van der Waals surface area contributed by atoms with Crippen molar-refractivity contribution in [2.24, 2.45) is 0 Å². The van der Waals surface area contributed by atoms with E-state index in [0.29, 0.717) is 0 Å².